The van der Waals surface area contributed by atoms with Gasteiger partial charge in [-0.25, -0.2) is 4.39 Å². The van der Waals surface area contributed by atoms with Crippen molar-refractivity contribution in [1.82, 2.24) is 5.32 Å². The van der Waals surface area contributed by atoms with E-state index in [4.69, 9.17) is 0 Å². The van der Waals surface area contributed by atoms with Crippen LogP contribution in [0.1, 0.15) is 22.3 Å². The monoisotopic (exact) mass is 321 g/mol. The molecule has 0 aliphatic rings. The summed E-state index contributed by atoms with van der Waals surface area (Å²) in [5, 5.41) is 3.38. The zero-order chi connectivity index (χ0) is 13.8. The zero-order valence-corrected chi connectivity index (χ0v) is 12.7. The molecule has 2 aromatic carbocycles. The smallest absolute Gasteiger partial charge is 0.129 e. The van der Waals surface area contributed by atoms with Crippen molar-refractivity contribution in [1.29, 1.82) is 0 Å². The molecule has 0 aliphatic carbocycles. The van der Waals surface area contributed by atoms with Crippen LogP contribution in [0.25, 0.3) is 0 Å². The van der Waals surface area contributed by atoms with Gasteiger partial charge in [-0.15, -0.1) is 0 Å². The van der Waals surface area contributed by atoms with Crippen molar-refractivity contribution in [3.63, 3.8) is 0 Å². The lowest BCUT2D eigenvalue weighted by Crippen LogP contribution is -2.13. The van der Waals surface area contributed by atoms with Crippen LogP contribution in [-0.4, -0.2) is 0 Å². The summed E-state index contributed by atoms with van der Waals surface area (Å²) in [4.78, 5) is 0. The maximum absolute atomic E-state index is 13.5. The number of hydrogen-bond acceptors (Lipinski definition) is 1. The minimum absolute atomic E-state index is 0.102. The molecule has 2 rings (SSSR count). The Balaban J connectivity index is 1.98. The van der Waals surface area contributed by atoms with E-state index in [0.29, 0.717) is 11.1 Å². The molecule has 1 N–H and O–H groups in total. The molecule has 0 spiro atoms. The van der Waals surface area contributed by atoms with E-state index in [-0.39, 0.29) is 5.82 Å². The van der Waals surface area contributed by atoms with Crippen molar-refractivity contribution in [2.45, 2.75) is 26.9 Å². The van der Waals surface area contributed by atoms with E-state index in [1.807, 2.05) is 30.3 Å². The van der Waals surface area contributed by atoms with Gasteiger partial charge in [0.05, 0.1) is 0 Å². The second-order valence-corrected chi connectivity index (χ2v) is 5.59. The maximum Gasteiger partial charge on any atom is 0.129 e. The normalized spacial score (nSPS) is 10.7. The van der Waals surface area contributed by atoms with E-state index >= 15 is 0 Å². The van der Waals surface area contributed by atoms with Gasteiger partial charge in [0.25, 0.3) is 0 Å². The van der Waals surface area contributed by atoms with Crippen LogP contribution < -0.4 is 5.32 Å². The third kappa shape index (κ3) is 3.64. The fraction of sp³-hybridized carbons (Fsp3) is 0.250. The molecule has 0 saturated heterocycles. The Morgan fingerprint density at radius 3 is 2.32 bits per heavy atom. The van der Waals surface area contributed by atoms with Crippen LogP contribution in [0.15, 0.2) is 40.9 Å². The molecule has 2 aromatic rings. The average molecular weight is 322 g/mol. The Morgan fingerprint density at radius 2 is 1.68 bits per heavy atom. The molecule has 19 heavy (non-hydrogen) atoms. The van der Waals surface area contributed by atoms with Gasteiger partial charge in [0.15, 0.2) is 0 Å². The van der Waals surface area contributed by atoms with Gasteiger partial charge in [0.2, 0.25) is 0 Å². The van der Waals surface area contributed by atoms with Crippen molar-refractivity contribution in [2.24, 2.45) is 0 Å². The first-order valence-electron chi connectivity index (χ1n) is 6.27. The van der Waals surface area contributed by atoms with E-state index in [1.54, 1.807) is 13.8 Å². The Labute approximate surface area is 122 Å². The summed E-state index contributed by atoms with van der Waals surface area (Å²) in [6, 6.07) is 11.9. The van der Waals surface area contributed by atoms with Crippen molar-refractivity contribution in [2.75, 3.05) is 0 Å². The summed E-state index contributed by atoms with van der Waals surface area (Å²) in [6.45, 7) is 5.14. The van der Waals surface area contributed by atoms with Gasteiger partial charge in [-0.2, -0.15) is 0 Å². The van der Waals surface area contributed by atoms with Crippen LogP contribution in [0.4, 0.5) is 4.39 Å². The molecule has 0 unspecified atom stereocenters. The Morgan fingerprint density at radius 1 is 1.05 bits per heavy atom. The zero-order valence-electron chi connectivity index (χ0n) is 11.1. The molecule has 0 aromatic heterocycles. The van der Waals surface area contributed by atoms with Crippen molar-refractivity contribution in [3.8, 4) is 0 Å². The quantitative estimate of drug-likeness (QED) is 0.874. The molecule has 0 amide bonds. The van der Waals surface area contributed by atoms with Gasteiger partial charge < -0.3 is 5.32 Å². The second kappa shape index (κ2) is 6.31. The topological polar surface area (TPSA) is 12.0 Å². The highest BCUT2D eigenvalue weighted by Crippen LogP contribution is 2.17. The molecule has 0 radical (unpaired) electrons. The maximum atomic E-state index is 13.5. The fourth-order valence-corrected chi connectivity index (χ4v) is 2.55. The molecule has 0 fully saturated rings. The van der Waals surface area contributed by atoms with Gasteiger partial charge in [-0.05, 0) is 42.2 Å². The molecule has 0 aliphatic heterocycles. The lowest BCUT2D eigenvalue weighted by molar-refractivity contribution is 0.606. The molecule has 3 heteroatoms. The van der Waals surface area contributed by atoms with Gasteiger partial charge in [-0.3, -0.25) is 0 Å². The number of halogens is 2. The van der Waals surface area contributed by atoms with Crippen LogP contribution in [0.5, 0.6) is 0 Å². The summed E-state index contributed by atoms with van der Waals surface area (Å²) in [5.41, 5.74) is 3.75. The molecule has 0 atom stereocenters. The highest BCUT2D eigenvalue weighted by molar-refractivity contribution is 9.10. The summed E-state index contributed by atoms with van der Waals surface area (Å²) in [5.74, 6) is -0.102. The van der Waals surface area contributed by atoms with E-state index in [0.717, 1.165) is 23.1 Å². The number of rotatable bonds is 4. The van der Waals surface area contributed by atoms with E-state index in [1.165, 1.54) is 5.56 Å². The number of aryl methyl sites for hydroxylation is 2. The Kier molecular flexibility index (Phi) is 4.72. The average Bonchev–Trinajstić information content (AvgIpc) is 2.38. The third-order valence-corrected chi connectivity index (χ3v) is 3.87. The predicted molar refractivity (Wildman–Crippen MR) is 80.6 cm³/mol. The first-order valence-corrected chi connectivity index (χ1v) is 7.07. The van der Waals surface area contributed by atoms with Crippen LogP contribution in [0.2, 0.25) is 0 Å². The van der Waals surface area contributed by atoms with Gasteiger partial charge in [0.1, 0.15) is 5.82 Å². The number of benzene rings is 2. The molecular weight excluding hydrogens is 305 g/mol. The first kappa shape index (κ1) is 14.2. The largest absolute Gasteiger partial charge is 0.309 e. The van der Waals surface area contributed by atoms with Crippen molar-refractivity contribution in [3.05, 3.63) is 68.9 Å². The van der Waals surface area contributed by atoms with Crippen molar-refractivity contribution >= 4 is 15.9 Å². The predicted octanol–water partition coefficient (Wildman–Crippen LogP) is 4.49. The minimum atomic E-state index is -0.102. The van der Waals surface area contributed by atoms with Gasteiger partial charge in [-0.1, -0.05) is 46.3 Å². The Bertz CT molecular complexity index is 558. The standard InChI is InChI=1S/C16H17BrFN/c1-11-7-13(8-12(2)16(11)18)9-19-10-14-5-3-4-6-15(14)17/h3-8,19H,9-10H2,1-2H3. The van der Waals surface area contributed by atoms with E-state index in [9.17, 15) is 4.39 Å². The lowest BCUT2D eigenvalue weighted by atomic mass is 10.1. The minimum Gasteiger partial charge on any atom is -0.309 e. The van der Waals surface area contributed by atoms with Crippen LogP contribution in [-0.2, 0) is 13.1 Å². The Hall–Kier alpha value is -1.19. The molecule has 1 nitrogen and oxygen atoms in total. The molecule has 100 valence electrons. The highest BCUT2D eigenvalue weighted by atomic mass is 79.9. The van der Waals surface area contributed by atoms with Crippen LogP contribution >= 0.6 is 15.9 Å². The number of hydrogen-bond donors (Lipinski definition) is 1. The molecular formula is C16H17BrFN. The van der Waals surface area contributed by atoms with Crippen LogP contribution in [0, 0.1) is 19.7 Å². The SMILES string of the molecule is Cc1cc(CNCc2ccccc2Br)cc(C)c1F. The highest BCUT2D eigenvalue weighted by Gasteiger charge is 2.04. The molecule has 0 bridgehead atoms. The summed E-state index contributed by atoms with van der Waals surface area (Å²) in [7, 11) is 0. The lowest BCUT2D eigenvalue weighted by Gasteiger charge is -2.09. The van der Waals surface area contributed by atoms with E-state index in [2.05, 4.69) is 27.3 Å². The second-order valence-electron chi connectivity index (χ2n) is 4.74. The fourth-order valence-electron chi connectivity index (χ4n) is 2.12. The first-order chi connectivity index (χ1) is 9.08. The summed E-state index contributed by atoms with van der Waals surface area (Å²) < 4.78 is 14.6. The van der Waals surface area contributed by atoms with Crippen molar-refractivity contribution < 1.29 is 4.39 Å². The molecule has 0 heterocycles. The summed E-state index contributed by atoms with van der Waals surface area (Å²) in [6.07, 6.45) is 0. The third-order valence-electron chi connectivity index (χ3n) is 3.10. The van der Waals surface area contributed by atoms with Gasteiger partial charge >= 0.3 is 0 Å². The summed E-state index contributed by atoms with van der Waals surface area (Å²) >= 11 is 3.53. The van der Waals surface area contributed by atoms with Gasteiger partial charge in [0, 0.05) is 17.6 Å². The molecule has 0 saturated carbocycles. The van der Waals surface area contributed by atoms with Crippen LogP contribution in [0.3, 0.4) is 0 Å². The van der Waals surface area contributed by atoms with E-state index < -0.39 is 0 Å². The number of nitrogens with one attached hydrogen (secondary N) is 1.